The van der Waals surface area contributed by atoms with E-state index in [1.165, 1.54) is 39.2 Å². The fraction of sp³-hybridized carbons (Fsp3) is 0.300. The molecule has 0 bridgehead atoms. The zero-order chi connectivity index (χ0) is 21.5. The predicted molar refractivity (Wildman–Crippen MR) is 107 cm³/mol. The topological polar surface area (TPSA) is 102 Å². The number of Topliss-reactive ketones (excluding diaryl/α,β-unsaturated/α-hetero) is 1. The van der Waals surface area contributed by atoms with Crippen molar-refractivity contribution < 1.29 is 27.5 Å². The van der Waals surface area contributed by atoms with E-state index in [4.69, 9.17) is 9.47 Å². The average molecular weight is 418 g/mol. The lowest BCUT2D eigenvalue weighted by Crippen LogP contribution is -2.24. The van der Waals surface area contributed by atoms with E-state index in [1.807, 2.05) is 0 Å². The number of nitrogens with one attached hydrogen (secondary N) is 1. The summed E-state index contributed by atoms with van der Waals surface area (Å²) in [4.78, 5) is 25.0. The minimum atomic E-state index is -3.73. The third-order valence-corrected chi connectivity index (χ3v) is 6.72. The number of carbonyl (C=O) groups excluding carboxylic acids is 2. The largest absolute Gasteiger partial charge is 0.454 e. The second kappa shape index (κ2) is 7.49. The zero-order valence-electron chi connectivity index (χ0n) is 16.8. The second-order valence-corrected chi connectivity index (χ2v) is 9.09. The first-order chi connectivity index (χ1) is 13.5. The number of benzene rings is 2. The van der Waals surface area contributed by atoms with Crippen LogP contribution in [0.1, 0.15) is 38.8 Å². The van der Waals surface area contributed by atoms with Crippen molar-refractivity contribution in [3.63, 3.8) is 0 Å². The van der Waals surface area contributed by atoms with E-state index in [0.717, 1.165) is 4.31 Å². The van der Waals surface area contributed by atoms with E-state index >= 15 is 0 Å². The van der Waals surface area contributed by atoms with Crippen molar-refractivity contribution in [3.8, 4) is 11.5 Å². The number of rotatable bonds is 5. The van der Waals surface area contributed by atoms with E-state index < -0.39 is 15.9 Å². The van der Waals surface area contributed by atoms with Crippen molar-refractivity contribution in [3.05, 3.63) is 46.5 Å². The SMILES string of the molecule is CC(=O)c1cc2c(cc1NC(=O)c1cc(C)c(C)c(S(=O)(=O)N(C)C)c1)OCO2. The van der Waals surface area contributed by atoms with Gasteiger partial charge in [-0.3, -0.25) is 9.59 Å². The summed E-state index contributed by atoms with van der Waals surface area (Å²) in [7, 11) is -0.860. The molecule has 0 aromatic heterocycles. The van der Waals surface area contributed by atoms with Gasteiger partial charge >= 0.3 is 0 Å². The smallest absolute Gasteiger partial charge is 0.255 e. The maximum absolute atomic E-state index is 12.9. The molecule has 0 saturated heterocycles. The van der Waals surface area contributed by atoms with Gasteiger partial charge in [-0.25, -0.2) is 12.7 Å². The van der Waals surface area contributed by atoms with Gasteiger partial charge in [-0.2, -0.15) is 0 Å². The molecule has 29 heavy (non-hydrogen) atoms. The first kappa shape index (κ1) is 20.8. The van der Waals surface area contributed by atoms with Gasteiger partial charge in [-0.15, -0.1) is 0 Å². The second-order valence-electron chi connectivity index (χ2n) is 6.97. The number of carbonyl (C=O) groups is 2. The number of nitrogens with zero attached hydrogens (tertiary/aromatic N) is 1. The summed E-state index contributed by atoms with van der Waals surface area (Å²) in [6, 6.07) is 5.99. The maximum Gasteiger partial charge on any atom is 0.255 e. The molecule has 0 fully saturated rings. The third-order valence-electron chi connectivity index (χ3n) is 4.78. The first-order valence-electron chi connectivity index (χ1n) is 8.82. The van der Waals surface area contributed by atoms with Crippen LogP contribution in [-0.4, -0.2) is 45.3 Å². The molecule has 1 amide bonds. The van der Waals surface area contributed by atoms with E-state index in [2.05, 4.69) is 5.32 Å². The molecule has 0 atom stereocenters. The predicted octanol–water partition coefficient (Wildman–Crippen LogP) is 2.74. The highest BCUT2D eigenvalue weighted by Gasteiger charge is 2.24. The Bertz CT molecular complexity index is 1120. The summed E-state index contributed by atoms with van der Waals surface area (Å²) in [6.07, 6.45) is 0. The molecule has 0 radical (unpaired) electrons. The number of ether oxygens (including phenoxy) is 2. The van der Waals surface area contributed by atoms with Crippen LogP contribution in [0, 0.1) is 13.8 Å². The van der Waals surface area contributed by atoms with Gasteiger partial charge < -0.3 is 14.8 Å². The van der Waals surface area contributed by atoms with Crippen LogP contribution in [0.25, 0.3) is 0 Å². The average Bonchev–Trinajstić information content (AvgIpc) is 3.09. The van der Waals surface area contributed by atoms with E-state index in [1.54, 1.807) is 19.9 Å². The van der Waals surface area contributed by atoms with Crippen LogP contribution in [0.5, 0.6) is 11.5 Å². The number of sulfonamides is 1. The molecule has 2 aromatic carbocycles. The fourth-order valence-corrected chi connectivity index (χ4v) is 4.17. The van der Waals surface area contributed by atoms with Crippen LogP contribution in [0.15, 0.2) is 29.2 Å². The number of anilines is 1. The van der Waals surface area contributed by atoms with Crippen molar-refractivity contribution in [1.82, 2.24) is 4.31 Å². The lowest BCUT2D eigenvalue weighted by Gasteiger charge is -2.17. The number of hydrogen-bond acceptors (Lipinski definition) is 6. The van der Waals surface area contributed by atoms with Crippen molar-refractivity contribution in [2.45, 2.75) is 25.7 Å². The minimum Gasteiger partial charge on any atom is -0.454 e. The highest BCUT2D eigenvalue weighted by atomic mass is 32.2. The standard InChI is InChI=1S/C20H22N2O6S/c1-11-6-14(7-19(12(11)2)29(25,26)22(4)5)20(24)21-16-9-18-17(27-10-28-18)8-15(16)13(3)23/h6-9H,10H2,1-5H3,(H,21,24). The molecule has 9 heteroatoms. The molecule has 0 aliphatic carbocycles. The number of amides is 1. The molecule has 1 aliphatic rings. The highest BCUT2D eigenvalue weighted by Crippen LogP contribution is 2.37. The van der Waals surface area contributed by atoms with Gasteiger partial charge in [0.2, 0.25) is 16.8 Å². The van der Waals surface area contributed by atoms with Gasteiger partial charge in [0, 0.05) is 31.3 Å². The lowest BCUT2D eigenvalue weighted by atomic mass is 10.0. The summed E-state index contributed by atoms with van der Waals surface area (Å²) in [5.41, 5.74) is 1.94. The molecule has 1 aliphatic heterocycles. The molecular weight excluding hydrogens is 396 g/mol. The summed E-state index contributed by atoms with van der Waals surface area (Å²) >= 11 is 0. The van der Waals surface area contributed by atoms with Gasteiger partial charge in [0.1, 0.15) is 0 Å². The molecule has 1 N–H and O–H groups in total. The number of aryl methyl sites for hydroxylation is 1. The van der Waals surface area contributed by atoms with Crippen molar-refractivity contribution in [2.75, 3.05) is 26.2 Å². The van der Waals surface area contributed by atoms with Gasteiger partial charge in [-0.1, -0.05) is 0 Å². The molecule has 0 unspecified atom stereocenters. The van der Waals surface area contributed by atoms with Crippen LogP contribution in [-0.2, 0) is 10.0 Å². The van der Waals surface area contributed by atoms with Crippen LogP contribution >= 0.6 is 0 Å². The molecule has 1 heterocycles. The molecule has 0 saturated carbocycles. The minimum absolute atomic E-state index is 0.0347. The van der Waals surface area contributed by atoms with Gasteiger partial charge in [0.25, 0.3) is 5.91 Å². The Kier molecular flexibility index (Phi) is 5.38. The van der Waals surface area contributed by atoms with E-state index in [9.17, 15) is 18.0 Å². The Morgan fingerprint density at radius 1 is 1.03 bits per heavy atom. The molecule has 3 rings (SSSR count). The number of ketones is 1. The number of hydrogen-bond donors (Lipinski definition) is 1. The molecule has 8 nitrogen and oxygen atoms in total. The summed E-state index contributed by atoms with van der Waals surface area (Å²) in [5, 5.41) is 2.69. The maximum atomic E-state index is 12.9. The highest BCUT2D eigenvalue weighted by molar-refractivity contribution is 7.89. The Hall–Kier alpha value is -2.91. The Labute approximate surface area is 169 Å². The molecular formula is C20H22N2O6S. The summed E-state index contributed by atoms with van der Waals surface area (Å²) in [6.45, 7) is 4.85. The van der Waals surface area contributed by atoms with E-state index in [0.29, 0.717) is 22.6 Å². The molecule has 154 valence electrons. The van der Waals surface area contributed by atoms with Crippen LogP contribution in [0.3, 0.4) is 0 Å². The Morgan fingerprint density at radius 3 is 2.24 bits per heavy atom. The molecule has 2 aromatic rings. The number of fused-ring (bicyclic) bond motifs is 1. The van der Waals surface area contributed by atoms with Crippen molar-refractivity contribution in [2.24, 2.45) is 0 Å². The van der Waals surface area contributed by atoms with E-state index in [-0.39, 0.29) is 34.3 Å². The Balaban J connectivity index is 2.03. The molecule has 0 spiro atoms. The monoisotopic (exact) mass is 418 g/mol. The van der Waals surface area contributed by atoms with Crippen molar-refractivity contribution >= 4 is 27.4 Å². The van der Waals surface area contributed by atoms with Crippen LogP contribution in [0.2, 0.25) is 0 Å². The first-order valence-corrected chi connectivity index (χ1v) is 10.3. The van der Waals surface area contributed by atoms with Gasteiger partial charge in [0.05, 0.1) is 10.6 Å². The summed E-state index contributed by atoms with van der Waals surface area (Å²) < 4.78 is 37.0. The zero-order valence-corrected chi connectivity index (χ0v) is 17.6. The fourth-order valence-electron chi connectivity index (χ4n) is 2.95. The summed E-state index contributed by atoms with van der Waals surface area (Å²) in [5.74, 6) is 0.0548. The quantitative estimate of drug-likeness (QED) is 0.749. The normalized spacial score (nSPS) is 12.9. The van der Waals surface area contributed by atoms with Gasteiger partial charge in [-0.05, 0) is 50.1 Å². The Morgan fingerprint density at radius 2 is 1.66 bits per heavy atom. The van der Waals surface area contributed by atoms with Gasteiger partial charge in [0.15, 0.2) is 17.3 Å². The lowest BCUT2D eigenvalue weighted by molar-refractivity contribution is 0.101. The van der Waals surface area contributed by atoms with Crippen LogP contribution in [0.4, 0.5) is 5.69 Å². The third kappa shape index (κ3) is 3.83. The van der Waals surface area contributed by atoms with Crippen LogP contribution < -0.4 is 14.8 Å². The van der Waals surface area contributed by atoms with Crippen molar-refractivity contribution in [1.29, 1.82) is 0 Å².